The summed E-state index contributed by atoms with van der Waals surface area (Å²) >= 11 is 0. The van der Waals surface area contributed by atoms with Crippen LogP contribution in [0.3, 0.4) is 0 Å². The van der Waals surface area contributed by atoms with E-state index in [9.17, 15) is 19.2 Å². The van der Waals surface area contributed by atoms with Crippen LogP contribution in [-0.2, 0) is 23.1 Å². The smallest absolute Gasteiger partial charge is 0.328 e. The van der Waals surface area contributed by atoms with E-state index in [1.54, 1.807) is 9.80 Å². The molecule has 0 aliphatic carbocycles. The fourth-order valence-corrected chi connectivity index (χ4v) is 3.97. The highest BCUT2D eigenvalue weighted by molar-refractivity contribution is 5.86. The van der Waals surface area contributed by atoms with Gasteiger partial charge in [0.1, 0.15) is 0 Å². The van der Waals surface area contributed by atoms with Crippen molar-refractivity contribution in [1.29, 1.82) is 0 Å². The van der Waals surface area contributed by atoms with Crippen LogP contribution in [0.15, 0.2) is 15.8 Å². The highest BCUT2D eigenvalue weighted by Crippen LogP contribution is 2.40. The van der Waals surface area contributed by atoms with Crippen molar-refractivity contribution in [3.8, 4) is 0 Å². The molecule has 0 aromatic carbocycles. The molecule has 2 amide bonds. The molecule has 0 bridgehead atoms. The lowest BCUT2D eigenvalue weighted by atomic mass is 9.78. The van der Waals surface area contributed by atoms with Gasteiger partial charge in [-0.2, -0.15) is 0 Å². The monoisotopic (exact) mass is 364 g/mol. The third kappa shape index (κ3) is 3.18. The first-order chi connectivity index (χ1) is 12.4. The highest BCUT2D eigenvalue weighted by Gasteiger charge is 2.49. The fourth-order valence-electron chi connectivity index (χ4n) is 3.97. The fraction of sp³-hybridized carbons (Fsp3) is 0.647. The Labute approximate surface area is 150 Å². The van der Waals surface area contributed by atoms with E-state index in [1.165, 1.54) is 13.2 Å². The van der Waals surface area contributed by atoms with E-state index in [0.717, 1.165) is 17.4 Å². The topological polar surface area (TPSA) is 116 Å². The van der Waals surface area contributed by atoms with Gasteiger partial charge in [0.25, 0.3) is 5.56 Å². The van der Waals surface area contributed by atoms with Gasteiger partial charge in [-0.25, -0.2) is 4.79 Å². The predicted octanol–water partition coefficient (Wildman–Crippen LogP) is -1.55. The van der Waals surface area contributed by atoms with E-state index in [0.29, 0.717) is 32.6 Å². The number of nitrogens with one attached hydrogen (secondary N) is 1. The molecule has 2 aliphatic rings. The Morgan fingerprint density at radius 2 is 2.04 bits per heavy atom. The van der Waals surface area contributed by atoms with Gasteiger partial charge in [-0.05, 0) is 19.3 Å². The number of carbonyl (C=O) groups is 2. The number of H-pyrrole nitrogens is 1. The number of rotatable bonds is 4. The zero-order chi connectivity index (χ0) is 18.9. The van der Waals surface area contributed by atoms with E-state index >= 15 is 0 Å². The lowest BCUT2D eigenvalue weighted by molar-refractivity contribution is -0.146. The molecule has 2 saturated heterocycles. The molecule has 142 valence electrons. The number of amides is 2. The number of carbonyl (C=O) groups excluding carboxylic acids is 2. The second kappa shape index (κ2) is 7.06. The van der Waals surface area contributed by atoms with Gasteiger partial charge in [0, 0.05) is 45.0 Å². The Morgan fingerprint density at radius 3 is 2.77 bits per heavy atom. The molecule has 9 heteroatoms. The number of likely N-dealkylation sites (tertiary alicyclic amines) is 2. The lowest BCUT2D eigenvalue weighted by Gasteiger charge is -2.39. The van der Waals surface area contributed by atoms with Crippen molar-refractivity contribution < 1.29 is 14.7 Å². The van der Waals surface area contributed by atoms with Crippen molar-refractivity contribution in [1.82, 2.24) is 19.4 Å². The van der Waals surface area contributed by atoms with Gasteiger partial charge < -0.3 is 19.9 Å². The maximum absolute atomic E-state index is 12.8. The van der Waals surface area contributed by atoms with E-state index in [-0.39, 0.29) is 30.4 Å². The molecule has 1 aromatic rings. The van der Waals surface area contributed by atoms with Crippen LogP contribution in [0.4, 0.5) is 0 Å². The Balaban J connectivity index is 1.71. The quantitative estimate of drug-likeness (QED) is 0.671. The number of aliphatic hydroxyl groups excluding tert-OH is 1. The number of hydrogen-bond acceptors (Lipinski definition) is 5. The summed E-state index contributed by atoms with van der Waals surface area (Å²) in [4.78, 5) is 54.7. The van der Waals surface area contributed by atoms with E-state index in [4.69, 9.17) is 5.11 Å². The molecular weight excluding hydrogens is 340 g/mol. The molecule has 26 heavy (non-hydrogen) atoms. The molecule has 1 spiro atoms. The predicted molar refractivity (Wildman–Crippen MR) is 92.5 cm³/mol. The molecule has 3 rings (SSSR count). The molecule has 3 heterocycles. The normalized spacial score (nSPS) is 23.1. The van der Waals surface area contributed by atoms with Gasteiger partial charge in [-0.1, -0.05) is 0 Å². The minimum Gasteiger partial charge on any atom is -0.395 e. The molecule has 0 radical (unpaired) electrons. The van der Waals surface area contributed by atoms with Gasteiger partial charge in [-0.15, -0.1) is 0 Å². The number of hydrogen-bond donors (Lipinski definition) is 2. The minimum absolute atomic E-state index is 0.00746. The summed E-state index contributed by atoms with van der Waals surface area (Å²) in [5.41, 5.74) is -1.35. The average Bonchev–Trinajstić information content (AvgIpc) is 3.05. The van der Waals surface area contributed by atoms with Gasteiger partial charge in [0.05, 0.1) is 18.4 Å². The number of β-amino-alcohol motifs (C(OH)–C–C–N with tert-alkyl or cyclic N) is 1. The summed E-state index contributed by atoms with van der Waals surface area (Å²) in [7, 11) is 1.36. The van der Waals surface area contributed by atoms with Crippen LogP contribution in [0.25, 0.3) is 0 Å². The Kier molecular flexibility index (Phi) is 4.99. The first kappa shape index (κ1) is 18.4. The van der Waals surface area contributed by atoms with E-state index in [2.05, 4.69) is 4.98 Å². The molecule has 0 unspecified atom stereocenters. The number of aromatic nitrogens is 2. The van der Waals surface area contributed by atoms with Crippen molar-refractivity contribution in [3.63, 3.8) is 0 Å². The number of piperidine rings is 1. The number of nitrogens with zero attached hydrogens (tertiary/aromatic N) is 3. The lowest BCUT2D eigenvalue weighted by Crippen LogP contribution is -2.51. The van der Waals surface area contributed by atoms with Gasteiger partial charge >= 0.3 is 5.69 Å². The molecule has 9 nitrogen and oxygen atoms in total. The molecule has 2 fully saturated rings. The first-order valence-corrected chi connectivity index (χ1v) is 8.83. The Hall–Kier alpha value is -2.42. The summed E-state index contributed by atoms with van der Waals surface area (Å²) in [5, 5.41) is 9.12. The third-order valence-electron chi connectivity index (χ3n) is 5.50. The van der Waals surface area contributed by atoms with Crippen LogP contribution in [0.5, 0.6) is 0 Å². The summed E-state index contributed by atoms with van der Waals surface area (Å²) in [6.45, 7) is 1.71. The Morgan fingerprint density at radius 1 is 1.27 bits per heavy atom. The summed E-state index contributed by atoms with van der Waals surface area (Å²) < 4.78 is 0.936. The van der Waals surface area contributed by atoms with E-state index in [1.807, 2.05) is 0 Å². The zero-order valence-corrected chi connectivity index (χ0v) is 14.9. The van der Waals surface area contributed by atoms with Crippen LogP contribution >= 0.6 is 0 Å². The standard InChI is InChI=1S/C17H24N4O5/c1-19-14(24)12(10-18-16(19)26)9-13(23)21-6-4-17(11-21)3-2-5-20(7-8-22)15(17)25/h10,22H,2-9,11H2,1H3,(H,18,26)/t17-/m0/s1. The van der Waals surface area contributed by atoms with Crippen molar-refractivity contribution >= 4 is 11.8 Å². The van der Waals surface area contributed by atoms with E-state index < -0.39 is 16.7 Å². The maximum Gasteiger partial charge on any atom is 0.328 e. The second-order valence-electron chi connectivity index (χ2n) is 7.12. The van der Waals surface area contributed by atoms with Gasteiger partial charge in [0.15, 0.2) is 0 Å². The zero-order valence-electron chi connectivity index (χ0n) is 14.9. The molecule has 1 atom stereocenters. The van der Waals surface area contributed by atoms with Crippen LogP contribution in [-0.4, -0.2) is 69.1 Å². The van der Waals surface area contributed by atoms with Crippen LogP contribution < -0.4 is 11.2 Å². The number of aromatic amines is 1. The van der Waals surface area contributed by atoms with Crippen molar-refractivity contribution in [2.45, 2.75) is 25.7 Å². The molecule has 2 N–H and O–H groups in total. The Bertz CT molecular complexity index is 827. The SMILES string of the molecule is Cn1c(=O)[nH]cc(CC(=O)N2CC[C@@]3(CCCN(CCO)C3=O)C2)c1=O. The molecular formula is C17H24N4O5. The maximum atomic E-state index is 12.8. The number of aliphatic hydroxyl groups is 1. The van der Waals surface area contributed by atoms with Crippen molar-refractivity contribution in [2.75, 3.05) is 32.8 Å². The second-order valence-corrected chi connectivity index (χ2v) is 7.12. The van der Waals surface area contributed by atoms with Gasteiger partial charge in [0.2, 0.25) is 11.8 Å². The van der Waals surface area contributed by atoms with Crippen LogP contribution in [0.2, 0.25) is 0 Å². The van der Waals surface area contributed by atoms with Gasteiger partial charge in [-0.3, -0.25) is 19.0 Å². The molecule has 1 aromatic heterocycles. The molecule has 0 saturated carbocycles. The third-order valence-corrected chi connectivity index (χ3v) is 5.50. The summed E-state index contributed by atoms with van der Waals surface area (Å²) in [6, 6.07) is 0. The summed E-state index contributed by atoms with van der Waals surface area (Å²) in [6.07, 6.45) is 3.37. The molecule has 2 aliphatic heterocycles. The summed E-state index contributed by atoms with van der Waals surface area (Å²) in [5.74, 6) is -0.217. The van der Waals surface area contributed by atoms with Crippen molar-refractivity contribution in [2.24, 2.45) is 12.5 Å². The largest absolute Gasteiger partial charge is 0.395 e. The highest BCUT2D eigenvalue weighted by atomic mass is 16.3. The van der Waals surface area contributed by atoms with Crippen LogP contribution in [0.1, 0.15) is 24.8 Å². The minimum atomic E-state index is -0.570. The van der Waals surface area contributed by atoms with Crippen molar-refractivity contribution in [3.05, 3.63) is 32.6 Å². The van der Waals surface area contributed by atoms with Crippen LogP contribution in [0, 0.1) is 5.41 Å². The average molecular weight is 364 g/mol. The first-order valence-electron chi connectivity index (χ1n) is 8.83.